The second-order valence-electron chi connectivity index (χ2n) is 5.42. The molecular weight excluding hydrogens is 288 g/mol. The highest BCUT2D eigenvalue weighted by atomic mass is 32.2. The van der Waals surface area contributed by atoms with Crippen molar-refractivity contribution in [1.82, 2.24) is 9.21 Å². The van der Waals surface area contributed by atoms with Crippen molar-refractivity contribution >= 4 is 15.9 Å². The highest BCUT2D eigenvalue weighted by Crippen LogP contribution is 2.12. The van der Waals surface area contributed by atoms with Gasteiger partial charge in [0.15, 0.2) is 0 Å². The molecule has 2 rings (SSSR count). The summed E-state index contributed by atoms with van der Waals surface area (Å²) in [6.45, 7) is 2.16. The van der Waals surface area contributed by atoms with E-state index < -0.39 is 10.0 Å². The molecule has 0 radical (unpaired) electrons. The molecule has 5 nitrogen and oxygen atoms in total. The van der Waals surface area contributed by atoms with Crippen molar-refractivity contribution in [2.45, 2.75) is 25.8 Å². The van der Waals surface area contributed by atoms with Crippen molar-refractivity contribution in [3.8, 4) is 0 Å². The average molecular weight is 310 g/mol. The van der Waals surface area contributed by atoms with E-state index in [4.69, 9.17) is 0 Å². The second-order valence-corrected chi connectivity index (χ2v) is 7.40. The van der Waals surface area contributed by atoms with Crippen LogP contribution in [0.1, 0.15) is 24.8 Å². The van der Waals surface area contributed by atoms with Crippen LogP contribution in [0.5, 0.6) is 0 Å². The van der Waals surface area contributed by atoms with Crippen LogP contribution in [0.3, 0.4) is 0 Å². The van der Waals surface area contributed by atoms with E-state index in [0.717, 1.165) is 31.5 Å². The van der Waals surface area contributed by atoms with Gasteiger partial charge in [0.2, 0.25) is 15.9 Å². The Kier molecular flexibility index (Phi) is 5.36. The zero-order valence-electron chi connectivity index (χ0n) is 12.4. The van der Waals surface area contributed by atoms with E-state index in [-0.39, 0.29) is 18.9 Å². The van der Waals surface area contributed by atoms with Crippen LogP contribution in [0, 0.1) is 0 Å². The molecule has 21 heavy (non-hydrogen) atoms. The summed E-state index contributed by atoms with van der Waals surface area (Å²) in [5.74, 6) is 0.0502. The smallest absolute Gasteiger partial charge is 0.223 e. The molecule has 0 aromatic heterocycles. The van der Waals surface area contributed by atoms with E-state index >= 15 is 0 Å². The molecule has 1 aromatic carbocycles. The third kappa shape index (κ3) is 4.82. The van der Waals surface area contributed by atoms with Gasteiger partial charge >= 0.3 is 0 Å². The van der Waals surface area contributed by atoms with Crippen LogP contribution in [0.2, 0.25) is 0 Å². The number of rotatable bonds is 6. The molecule has 1 saturated heterocycles. The minimum atomic E-state index is -3.32. The number of likely N-dealkylation sites (tertiary alicyclic amines) is 1. The topological polar surface area (TPSA) is 57.7 Å². The summed E-state index contributed by atoms with van der Waals surface area (Å²) in [6, 6.07) is 9.43. The number of carbonyl (C=O) groups is 1. The van der Waals surface area contributed by atoms with Gasteiger partial charge < -0.3 is 4.90 Å². The minimum Gasteiger partial charge on any atom is -0.343 e. The summed E-state index contributed by atoms with van der Waals surface area (Å²) in [5, 5.41) is 0. The largest absolute Gasteiger partial charge is 0.343 e. The van der Waals surface area contributed by atoms with E-state index in [9.17, 15) is 13.2 Å². The van der Waals surface area contributed by atoms with Gasteiger partial charge in [-0.3, -0.25) is 4.79 Å². The lowest BCUT2D eigenvalue weighted by Gasteiger charge is -2.21. The van der Waals surface area contributed by atoms with Crippen LogP contribution in [0.25, 0.3) is 0 Å². The fraction of sp³-hybridized carbons (Fsp3) is 0.533. The van der Waals surface area contributed by atoms with Gasteiger partial charge in [0.25, 0.3) is 0 Å². The van der Waals surface area contributed by atoms with Gasteiger partial charge in [-0.1, -0.05) is 30.3 Å². The number of amides is 1. The van der Waals surface area contributed by atoms with Crippen LogP contribution in [-0.4, -0.2) is 49.4 Å². The van der Waals surface area contributed by atoms with Crippen molar-refractivity contribution in [3.63, 3.8) is 0 Å². The van der Waals surface area contributed by atoms with E-state index in [1.807, 2.05) is 35.2 Å². The fourth-order valence-corrected chi connectivity index (χ4v) is 3.30. The van der Waals surface area contributed by atoms with Gasteiger partial charge in [-0.25, -0.2) is 8.42 Å². The summed E-state index contributed by atoms with van der Waals surface area (Å²) >= 11 is 0. The zero-order chi connectivity index (χ0) is 15.3. The molecule has 0 atom stereocenters. The van der Waals surface area contributed by atoms with Gasteiger partial charge in [-0.15, -0.1) is 0 Å². The number of sulfonamides is 1. The third-order valence-electron chi connectivity index (χ3n) is 3.70. The molecule has 0 spiro atoms. The fourth-order valence-electron chi connectivity index (χ4n) is 2.49. The summed E-state index contributed by atoms with van der Waals surface area (Å²) in [6.07, 6.45) is 3.53. The van der Waals surface area contributed by atoms with Crippen molar-refractivity contribution in [2.24, 2.45) is 0 Å². The molecule has 1 aromatic rings. The molecule has 1 aliphatic heterocycles. The number of hydrogen-bond donors (Lipinski definition) is 0. The lowest BCUT2D eigenvalue weighted by Crippen LogP contribution is -2.35. The molecule has 0 unspecified atom stereocenters. The zero-order valence-corrected chi connectivity index (χ0v) is 13.2. The number of hydrogen-bond acceptors (Lipinski definition) is 3. The minimum absolute atomic E-state index is 0.0502. The van der Waals surface area contributed by atoms with Crippen molar-refractivity contribution in [1.29, 1.82) is 0 Å². The van der Waals surface area contributed by atoms with Crippen LogP contribution >= 0.6 is 0 Å². The SMILES string of the molecule is CS(=O)(=O)N(CCC(=O)N1CCCC1)Cc1ccccc1. The van der Waals surface area contributed by atoms with Crippen molar-refractivity contribution < 1.29 is 13.2 Å². The Morgan fingerprint density at radius 2 is 1.81 bits per heavy atom. The van der Waals surface area contributed by atoms with Gasteiger partial charge in [-0.2, -0.15) is 4.31 Å². The molecule has 1 amide bonds. The first-order chi connectivity index (χ1) is 9.97. The maximum atomic E-state index is 12.0. The van der Waals surface area contributed by atoms with E-state index in [2.05, 4.69) is 0 Å². The summed E-state index contributed by atoms with van der Waals surface area (Å²) < 4.78 is 25.1. The third-order valence-corrected chi connectivity index (χ3v) is 4.95. The summed E-state index contributed by atoms with van der Waals surface area (Å²) in [4.78, 5) is 13.9. The molecule has 1 heterocycles. The van der Waals surface area contributed by atoms with Crippen LogP contribution in [0.15, 0.2) is 30.3 Å². The number of nitrogens with zero attached hydrogens (tertiary/aromatic N) is 2. The monoisotopic (exact) mass is 310 g/mol. The van der Waals surface area contributed by atoms with E-state index in [0.29, 0.717) is 6.54 Å². The van der Waals surface area contributed by atoms with E-state index in [1.54, 1.807) is 0 Å². The van der Waals surface area contributed by atoms with Crippen LogP contribution in [-0.2, 0) is 21.4 Å². The van der Waals surface area contributed by atoms with Crippen LogP contribution in [0.4, 0.5) is 0 Å². The average Bonchev–Trinajstić information content (AvgIpc) is 2.97. The molecule has 0 N–H and O–H groups in total. The first-order valence-corrected chi connectivity index (χ1v) is 9.08. The van der Waals surface area contributed by atoms with Gasteiger partial charge in [0.05, 0.1) is 6.26 Å². The first-order valence-electron chi connectivity index (χ1n) is 7.23. The van der Waals surface area contributed by atoms with Crippen molar-refractivity contribution in [2.75, 3.05) is 25.9 Å². The van der Waals surface area contributed by atoms with Gasteiger partial charge in [0.1, 0.15) is 0 Å². The Balaban J connectivity index is 1.95. The first kappa shape index (κ1) is 16.0. The molecule has 0 bridgehead atoms. The summed E-state index contributed by atoms with van der Waals surface area (Å²) in [7, 11) is -3.32. The maximum absolute atomic E-state index is 12.0. The molecule has 0 saturated carbocycles. The maximum Gasteiger partial charge on any atom is 0.223 e. The number of carbonyl (C=O) groups excluding carboxylic acids is 1. The van der Waals surface area contributed by atoms with E-state index in [1.165, 1.54) is 10.6 Å². The normalized spacial score (nSPS) is 15.6. The molecule has 6 heteroatoms. The molecule has 1 fully saturated rings. The van der Waals surface area contributed by atoms with Crippen molar-refractivity contribution in [3.05, 3.63) is 35.9 Å². The highest BCUT2D eigenvalue weighted by molar-refractivity contribution is 7.88. The number of benzene rings is 1. The Hall–Kier alpha value is -1.40. The van der Waals surface area contributed by atoms with Crippen LogP contribution < -0.4 is 0 Å². The summed E-state index contributed by atoms with van der Waals surface area (Å²) in [5.41, 5.74) is 0.927. The highest BCUT2D eigenvalue weighted by Gasteiger charge is 2.22. The molecule has 116 valence electrons. The molecular formula is C15H22N2O3S. The predicted molar refractivity (Wildman–Crippen MR) is 82.1 cm³/mol. The Morgan fingerprint density at radius 3 is 2.38 bits per heavy atom. The predicted octanol–water partition coefficient (Wildman–Crippen LogP) is 1.46. The molecule has 1 aliphatic rings. The quantitative estimate of drug-likeness (QED) is 0.799. The van der Waals surface area contributed by atoms with Gasteiger partial charge in [0, 0.05) is 32.6 Å². The Morgan fingerprint density at radius 1 is 1.19 bits per heavy atom. The Labute approximate surface area is 126 Å². The lowest BCUT2D eigenvalue weighted by atomic mass is 10.2. The standard InChI is InChI=1S/C15H22N2O3S/c1-21(19,20)17(13-14-7-3-2-4-8-14)12-9-15(18)16-10-5-6-11-16/h2-4,7-8H,5-6,9-13H2,1H3. The van der Waals surface area contributed by atoms with Gasteiger partial charge in [-0.05, 0) is 18.4 Å². The lowest BCUT2D eigenvalue weighted by molar-refractivity contribution is -0.130. The molecule has 0 aliphatic carbocycles. The Bertz CT molecular complexity index is 566. The second kappa shape index (κ2) is 7.04.